The third-order valence-corrected chi connectivity index (χ3v) is 5.27. The molecule has 0 aliphatic rings. The number of hydrogen-bond acceptors (Lipinski definition) is 5. The van der Waals surface area contributed by atoms with Gasteiger partial charge < -0.3 is 20.1 Å². The minimum Gasteiger partial charge on any atom is -0.481 e. The quantitative estimate of drug-likeness (QED) is 0.575. The first kappa shape index (κ1) is 25.9. The normalized spacial score (nSPS) is 16.6. The lowest BCUT2D eigenvalue weighted by atomic mass is 9.43. The number of hydrogen-bond donors (Lipinski definition) is 3. The molecule has 0 heterocycles. The van der Waals surface area contributed by atoms with E-state index >= 15 is 0 Å². The summed E-state index contributed by atoms with van der Waals surface area (Å²) in [6, 6.07) is 0. The van der Waals surface area contributed by atoms with Gasteiger partial charge in [-0.2, -0.15) is 0 Å². The first-order valence-corrected chi connectivity index (χ1v) is 9.01. The summed E-state index contributed by atoms with van der Waals surface area (Å²) in [7, 11) is 0. The van der Waals surface area contributed by atoms with E-state index in [9.17, 15) is 34.5 Å². The Kier molecular flexibility index (Phi) is 6.81. The molecule has 0 saturated heterocycles. The molecule has 0 aromatic heterocycles. The van der Waals surface area contributed by atoms with Crippen LogP contribution in [0.4, 0.5) is 0 Å². The lowest BCUT2D eigenvalue weighted by Crippen LogP contribution is -2.75. The van der Waals surface area contributed by atoms with E-state index in [2.05, 4.69) is 0 Å². The molecular formula is C20H34O8. The highest BCUT2D eigenvalue weighted by Crippen LogP contribution is 2.63. The molecule has 2 atom stereocenters. The molecule has 3 N–H and O–H groups in total. The molecule has 0 amide bonds. The summed E-state index contributed by atoms with van der Waals surface area (Å²) in [5, 5.41) is 30.8. The fraction of sp³-hybridized carbons (Fsp3) is 0.800. The smallest absolute Gasteiger partial charge is 0.350 e. The lowest BCUT2D eigenvalue weighted by molar-refractivity contribution is -0.256. The van der Waals surface area contributed by atoms with Gasteiger partial charge in [0.15, 0.2) is 0 Å². The van der Waals surface area contributed by atoms with Gasteiger partial charge in [-0.05, 0) is 16.2 Å². The van der Waals surface area contributed by atoms with Gasteiger partial charge in [-0.1, -0.05) is 62.3 Å². The van der Waals surface area contributed by atoms with Crippen LogP contribution in [0.2, 0.25) is 0 Å². The third-order valence-electron chi connectivity index (χ3n) is 5.27. The Bertz CT molecular complexity index is 643. The summed E-state index contributed by atoms with van der Waals surface area (Å²) < 4.78 is 5.33. The number of carboxylic acid groups (broad SMARTS) is 3. The maximum Gasteiger partial charge on any atom is 0.350 e. The SMILES string of the molecule is CC(=O)OC(C(=O)O)(C(C(=O)O)C(C)(C)C)C(C(=O)O)(C(C)(C)C)C(C)(C)C. The van der Waals surface area contributed by atoms with Crippen molar-refractivity contribution in [3.05, 3.63) is 0 Å². The zero-order chi connectivity index (χ0) is 23.1. The molecule has 0 saturated carbocycles. The summed E-state index contributed by atoms with van der Waals surface area (Å²) in [5.74, 6) is -7.84. The van der Waals surface area contributed by atoms with Crippen LogP contribution in [-0.2, 0) is 23.9 Å². The Morgan fingerprint density at radius 1 is 0.714 bits per heavy atom. The summed E-state index contributed by atoms with van der Waals surface area (Å²) in [6.45, 7) is 14.4. The van der Waals surface area contributed by atoms with Crippen LogP contribution in [0.15, 0.2) is 0 Å². The molecule has 162 valence electrons. The van der Waals surface area contributed by atoms with Crippen LogP contribution in [0.1, 0.15) is 69.2 Å². The van der Waals surface area contributed by atoms with Crippen molar-refractivity contribution < 1.29 is 39.2 Å². The third kappa shape index (κ3) is 3.73. The lowest BCUT2D eigenvalue weighted by Gasteiger charge is -2.60. The predicted octanol–water partition coefficient (Wildman–Crippen LogP) is 3.28. The van der Waals surface area contributed by atoms with Crippen molar-refractivity contribution in [2.24, 2.45) is 27.6 Å². The second-order valence-corrected chi connectivity index (χ2v) is 10.3. The molecule has 0 aromatic rings. The van der Waals surface area contributed by atoms with Gasteiger partial charge in [-0.3, -0.25) is 14.4 Å². The van der Waals surface area contributed by atoms with E-state index in [1.54, 1.807) is 0 Å². The number of carbonyl (C=O) groups excluding carboxylic acids is 1. The van der Waals surface area contributed by atoms with Crippen molar-refractivity contribution >= 4 is 23.9 Å². The molecule has 0 aliphatic carbocycles. The monoisotopic (exact) mass is 402 g/mol. The first-order chi connectivity index (χ1) is 12.1. The fourth-order valence-corrected chi connectivity index (χ4v) is 5.10. The maximum absolute atomic E-state index is 12.9. The van der Waals surface area contributed by atoms with E-state index in [-0.39, 0.29) is 0 Å². The molecule has 0 rings (SSSR count). The number of carbonyl (C=O) groups is 4. The largest absolute Gasteiger partial charge is 0.481 e. The van der Waals surface area contributed by atoms with Gasteiger partial charge in [0.1, 0.15) is 11.3 Å². The number of aliphatic carboxylic acids is 3. The van der Waals surface area contributed by atoms with Crippen LogP contribution < -0.4 is 0 Å². The molecular weight excluding hydrogens is 368 g/mol. The predicted molar refractivity (Wildman–Crippen MR) is 102 cm³/mol. The maximum atomic E-state index is 12.9. The number of ether oxygens (including phenoxy) is 1. The van der Waals surface area contributed by atoms with Crippen LogP contribution >= 0.6 is 0 Å². The highest BCUT2D eigenvalue weighted by molar-refractivity contribution is 5.96. The van der Waals surface area contributed by atoms with E-state index < -0.39 is 57.1 Å². The molecule has 8 heteroatoms. The van der Waals surface area contributed by atoms with E-state index in [0.717, 1.165) is 6.92 Å². The van der Waals surface area contributed by atoms with E-state index in [1.807, 2.05) is 0 Å². The zero-order valence-corrected chi connectivity index (χ0v) is 18.5. The Labute approximate surface area is 166 Å². The molecule has 8 nitrogen and oxygen atoms in total. The van der Waals surface area contributed by atoms with Crippen LogP contribution in [0.25, 0.3) is 0 Å². The highest BCUT2D eigenvalue weighted by atomic mass is 16.6. The molecule has 0 bridgehead atoms. The van der Waals surface area contributed by atoms with Crippen molar-refractivity contribution in [1.82, 2.24) is 0 Å². The van der Waals surface area contributed by atoms with Gasteiger partial charge in [-0.15, -0.1) is 0 Å². The molecule has 0 radical (unpaired) electrons. The van der Waals surface area contributed by atoms with Gasteiger partial charge >= 0.3 is 23.9 Å². The van der Waals surface area contributed by atoms with Gasteiger partial charge in [0.05, 0.1) is 0 Å². The van der Waals surface area contributed by atoms with Gasteiger partial charge in [0.2, 0.25) is 5.60 Å². The van der Waals surface area contributed by atoms with Gasteiger partial charge in [0, 0.05) is 6.92 Å². The van der Waals surface area contributed by atoms with Crippen molar-refractivity contribution in [3.63, 3.8) is 0 Å². The Morgan fingerprint density at radius 3 is 1.21 bits per heavy atom. The number of carboxylic acids is 3. The number of rotatable bonds is 6. The summed E-state index contributed by atoms with van der Waals surface area (Å²) in [5.41, 5.74) is -9.07. The van der Waals surface area contributed by atoms with E-state index in [4.69, 9.17) is 4.74 Å². The van der Waals surface area contributed by atoms with Crippen LogP contribution in [0, 0.1) is 27.6 Å². The van der Waals surface area contributed by atoms with Crippen molar-refractivity contribution in [2.75, 3.05) is 0 Å². The summed E-state index contributed by atoms with van der Waals surface area (Å²) in [6.07, 6.45) is 0. The minimum atomic E-state index is -2.88. The average molecular weight is 402 g/mol. The Morgan fingerprint density at radius 2 is 1.07 bits per heavy atom. The molecule has 28 heavy (non-hydrogen) atoms. The van der Waals surface area contributed by atoms with Gasteiger partial charge in [0.25, 0.3) is 0 Å². The standard InChI is InChI=1S/C20H34O8/c1-11(21)28-19(14(24)25,12(13(22)23)16(2,3)4)20(15(26)27,17(5,6)7)18(8,9)10/h12H,1-10H3,(H,22,23)(H,24,25)(H,26,27). The van der Waals surface area contributed by atoms with E-state index in [1.165, 1.54) is 62.3 Å². The van der Waals surface area contributed by atoms with Gasteiger partial charge in [-0.25, -0.2) is 4.79 Å². The summed E-state index contributed by atoms with van der Waals surface area (Å²) in [4.78, 5) is 50.1. The van der Waals surface area contributed by atoms with Crippen molar-refractivity contribution in [2.45, 2.75) is 74.8 Å². The molecule has 2 unspecified atom stereocenters. The highest BCUT2D eigenvalue weighted by Gasteiger charge is 2.79. The van der Waals surface area contributed by atoms with Crippen molar-refractivity contribution in [1.29, 1.82) is 0 Å². The second-order valence-electron chi connectivity index (χ2n) is 10.3. The zero-order valence-electron chi connectivity index (χ0n) is 18.5. The molecule has 0 aromatic carbocycles. The van der Waals surface area contributed by atoms with Crippen LogP contribution in [0.5, 0.6) is 0 Å². The minimum absolute atomic E-state index is 0.942. The fourth-order valence-electron chi connectivity index (χ4n) is 5.10. The number of esters is 1. The topological polar surface area (TPSA) is 138 Å². The average Bonchev–Trinajstić information content (AvgIpc) is 2.30. The Hall–Kier alpha value is -2.12. The first-order valence-electron chi connectivity index (χ1n) is 9.01. The van der Waals surface area contributed by atoms with Crippen molar-refractivity contribution in [3.8, 4) is 0 Å². The second kappa shape index (κ2) is 7.37. The molecule has 0 spiro atoms. The van der Waals surface area contributed by atoms with E-state index in [0.29, 0.717) is 0 Å². The molecule has 0 fully saturated rings. The molecule has 0 aliphatic heterocycles. The van der Waals surface area contributed by atoms with Crippen LogP contribution in [0.3, 0.4) is 0 Å². The Balaban J connectivity index is 8.03. The summed E-state index contributed by atoms with van der Waals surface area (Å²) >= 11 is 0. The van der Waals surface area contributed by atoms with Crippen LogP contribution in [-0.4, -0.2) is 44.8 Å².